The molecule has 3 heterocycles. The standard InChI is InChI=1S/C12H14N4O/c17-12(16-6-2-1-3-7-16)10-11-14-5-9-15(11)8-4-13-10/h4-5,8-9H,1-3,6-7H2. The third-order valence-corrected chi connectivity index (χ3v) is 3.16. The van der Waals surface area contributed by atoms with Gasteiger partial charge in [-0.1, -0.05) is 0 Å². The molecule has 0 radical (unpaired) electrons. The van der Waals surface area contributed by atoms with E-state index in [1.807, 2.05) is 15.5 Å². The first kappa shape index (κ1) is 10.3. The number of nitrogens with zero attached hydrogens (tertiary/aromatic N) is 4. The van der Waals surface area contributed by atoms with Crippen LogP contribution in [0.15, 0.2) is 24.8 Å². The molecule has 1 fully saturated rings. The summed E-state index contributed by atoms with van der Waals surface area (Å²) in [5, 5.41) is 0. The van der Waals surface area contributed by atoms with Gasteiger partial charge < -0.3 is 9.30 Å². The highest BCUT2D eigenvalue weighted by molar-refractivity contribution is 5.97. The zero-order valence-electron chi connectivity index (χ0n) is 9.54. The minimum Gasteiger partial charge on any atom is -0.337 e. The van der Waals surface area contributed by atoms with Crippen molar-refractivity contribution in [3.05, 3.63) is 30.5 Å². The van der Waals surface area contributed by atoms with Crippen LogP contribution in [0.5, 0.6) is 0 Å². The zero-order chi connectivity index (χ0) is 11.7. The number of hydrogen-bond donors (Lipinski definition) is 0. The first-order chi connectivity index (χ1) is 8.36. The Morgan fingerprint density at radius 2 is 1.76 bits per heavy atom. The fourth-order valence-electron chi connectivity index (χ4n) is 2.25. The first-order valence-corrected chi connectivity index (χ1v) is 5.93. The molecule has 5 heteroatoms. The maximum Gasteiger partial charge on any atom is 0.276 e. The molecule has 1 saturated heterocycles. The predicted molar refractivity (Wildman–Crippen MR) is 62.7 cm³/mol. The Kier molecular flexibility index (Phi) is 2.51. The van der Waals surface area contributed by atoms with Crippen molar-refractivity contribution in [3.8, 4) is 0 Å². The Balaban J connectivity index is 1.97. The van der Waals surface area contributed by atoms with Gasteiger partial charge in [-0.15, -0.1) is 0 Å². The van der Waals surface area contributed by atoms with Gasteiger partial charge in [-0.3, -0.25) is 4.79 Å². The van der Waals surface area contributed by atoms with Gasteiger partial charge in [0.1, 0.15) is 0 Å². The summed E-state index contributed by atoms with van der Waals surface area (Å²) in [5.74, 6) is 0.00139. The van der Waals surface area contributed by atoms with Crippen LogP contribution in [0.2, 0.25) is 0 Å². The molecule has 1 amide bonds. The second kappa shape index (κ2) is 4.16. The van der Waals surface area contributed by atoms with E-state index in [2.05, 4.69) is 9.97 Å². The molecule has 0 atom stereocenters. The molecule has 5 nitrogen and oxygen atoms in total. The summed E-state index contributed by atoms with van der Waals surface area (Å²) in [6, 6.07) is 0. The average Bonchev–Trinajstić information content (AvgIpc) is 2.87. The Bertz CT molecular complexity index is 542. The van der Waals surface area contributed by atoms with Gasteiger partial charge in [0, 0.05) is 37.9 Å². The minimum atomic E-state index is 0.00139. The van der Waals surface area contributed by atoms with Gasteiger partial charge in [-0.2, -0.15) is 0 Å². The average molecular weight is 230 g/mol. The van der Waals surface area contributed by atoms with Crippen LogP contribution in [0.1, 0.15) is 29.8 Å². The van der Waals surface area contributed by atoms with Crippen molar-refractivity contribution in [2.45, 2.75) is 19.3 Å². The molecule has 3 rings (SSSR count). The molecule has 0 unspecified atom stereocenters. The Hall–Kier alpha value is -1.91. The number of amides is 1. The van der Waals surface area contributed by atoms with Crippen LogP contribution in [0, 0.1) is 0 Å². The molecule has 0 saturated carbocycles. The van der Waals surface area contributed by atoms with Crippen molar-refractivity contribution in [3.63, 3.8) is 0 Å². The fourth-order valence-corrected chi connectivity index (χ4v) is 2.25. The molecule has 2 aromatic rings. The zero-order valence-corrected chi connectivity index (χ0v) is 9.54. The van der Waals surface area contributed by atoms with Gasteiger partial charge in [0.05, 0.1) is 0 Å². The lowest BCUT2D eigenvalue weighted by atomic mass is 10.1. The number of carbonyl (C=O) groups excluding carboxylic acids is 1. The molecule has 17 heavy (non-hydrogen) atoms. The van der Waals surface area contributed by atoms with Crippen LogP contribution in [0.4, 0.5) is 0 Å². The highest BCUT2D eigenvalue weighted by Gasteiger charge is 2.21. The summed E-state index contributed by atoms with van der Waals surface area (Å²) in [7, 11) is 0. The van der Waals surface area contributed by atoms with E-state index in [-0.39, 0.29) is 5.91 Å². The molecule has 1 aliphatic heterocycles. The van der Waals surface area contributed by atoms with Gasteiger partial charge >= 0.3 is 0 Å². The number of imidazole rings is 1. The van der Waals surface area contributed by atoms with Crippen molar-refractivity contribution in [2.75, 3.05) is 13.1 Å². The summed E-state index contributed by atoms with van der Waals surface area (Å²) in [6.07, 6.45) is 10.3. The monoisotopic (exact) mass is 230 g/mol. The van der Waals surface area contributed by atoms with E-state index in [1.165, 1.54) is 6.42 Å². The largest absolute Gasteiger partial charge is 0.337 e. The summed E-state index contributed by atoms with van der Waals surface area (Å²) < 4.78 is 1.82. The lowest BCUT2D eigenvalue weighted by Gasteiger charge is -2.26. The fraction of sp³-hybridized carbons (Fsp3) is 0.417. The maximum absolute atomic E-state index is 12.3. The number of hydrogen-bond acceptors (Lipinski definition) is 3. The third kappa shape index (κ3) is 1.77. The smallest absolute Gasteiger partial charge is 0.276 e. The SMILES string of the molecule is O=C(c1nccn2ccnc12)N1CCCCC1. The van der Waals surface area contributed by atoms with Crippen LogP contribution in [0.25, 0.3) is 5.65 Å². The van der Waals surface area contributed by atoms with Crippen LogP contribution >= 0.6 is 0 Å². The summed E-state index contributed by atoms with van der Waals surface area (Å²) in [5.41, 5.74) is 1.10. The number of fused-ring (bicyclic) bond motifs is 1. The van der Waals surface area contributed by atoms with Gasteiger partial charge in [0.25, 0.3) is 5.91 Å². The second-order valence-electron chi connectivity index (χ2n) is 4.29. The highest BCUT2D eigenvalue weighted by atomic mass is 16.2. The molecule has 0 bridgehead atoms. The minimum absolute atomic E-state index is 0.00139. The topological polar surface area (TPSA) is 50.5 Å². The van der Waals surface area contributed by atoms with Crippen molar-refractivity contribution in [1.29, 1.82) is 0 Å². The van der Waals surface area contributed by atoms with E-state index in [4.69, 9.17) is 0 Å². The normalized spacial score (nSPS) is 16.4. The van der Waals surface area contributed by atoms with Gasteiger partial charge in [-0.25, -0.2) is 9.97 Å². The molecule has 0 N–H and O–H groups in total. The van der Waals surface area contributed by atoms with Crippen molar-refractivity contribution >= 4 is 11.6 Å². The van der Waals surface area contributed by atoms with Crippen LogP contribution in [0.3, 0.4) is 0 Å². The molecule has 2 aromatic heterocycles. The Morgan fingerprint density at radius 1 is 1.06 bits per heavy atom. The molecular weight excluding hydrogens is 216 g/mol. The third-order valence-electron chi connectivity index (χ3n) is 3.16. The van der Waals surface area contributed by atoms with Gasteiger partial charge in [0.15, 0.2) is 11.3 Å². The van der Waals surface area contributed by atoms with Crippen LogP contribution < -0.4 is 0 Å². The van der Waals surface area contributed by atoms with Crippen LogP contribution in [-0.2, 0) is 0 Å². The van der Waals surface area contributed by atoms with E-state index in [0.29, 0.717) is 11.3 Å². The number of piperidine rings is 1. The summed E-state index contributed by atoms with van der Waals surface area (Å²) >= 11 is 0. The summed E-state index contributed by atoms with van der Waals surface area (Å²) in [6.45, 7) is 1.67. The van der Waals surface area contributed by atoms with E-state index < -0.39 is 0 Å². The van der Waals surface area contributed by atoms with E-state index in [9.17, 15) is 4.79 Å². The van der Waals surface area contributed by atoms with Crippen molar-refractivity contribution < 1.29 is 4.79 Å². The Morgan fingerprint density at radius 3 is 2.53 bits per heavy atom. The number of carbonyl (C=O) groups is 1. The van der Waals surface area contributed by atoms with E-state index >= 15 is 0 Å². The predicted octanol–water partition coefficient (Wildman–Crippen LogP) is 1.36. The Labute approximate surface area is 99.1 Å². The van der Waals surface area contributed by atoms with Crippen molar-refractivity contribution in [2.24, 2.45) is 0 Å². The lowest BCUT2D eigenvalue weighted by molar-refractivity contribution is 0.0720. The van der Waals surface area contributed by atoms with Gasteiger partial charge in [0.2, 0.25) is 0 Å². The number of likely N-dealkylation sites (tertiary alicyclic amines) is 1. The molecule has 0 aromatic carbocycles. The highest BCUT2D eigenvalue weighted by Crippen LogP contribution is 2.14. The molecular formula is C12H14N4O. The number of aromatic nitrogens is 3. The molecule has 88 valence electrons. The molecule has 0 spiro atoms. The molecule has 1 aliphatic rings. The summed E-state index contributed by atoms with van der Waals surface area (Å²) in [4.78, 5) is 22.6. The van der Waals surface area contributed by atoms with E-state index in [0.717, 1.165) is 25.9 Å². The second-order valence-corrected chi connectivity index (χ2v) is 4.29. The van der Waals surface area contributed by atoms with Crippen LogP contribution in [-0.4, -0.2) is 38.3 Å². The maximum atomic E-state index is 12.3. The van der Waals surface area contributed by atoms with Crippen molar-refractivity contribution in [1.82, 2.24) is 19.3 Å². The first-order valence-electron chi connectivity index (χ1n) is 5.93. The van der Waals surface area contributed by atoms with E-state index in [1.54, 1.807) is 18.6 Å². The number of rotatable bonds is 1. The lowest BCUT2D eigenvalue weighted by Crippen LogP contribution is -2.36. The van der Waals surface area contributed by atoms with Gasteiger partial charge in [-0.05, 0) is 19.3 Å². The quantitative estimate of drug-likeness (QED) is 0.743. The molecule has 0 aliphatic carbocycles.